The van der Waals surface area contributed by atoms with Gasteiger partial charge in [-0.3, -0.25) is 44.0 Å². The average molecular weight is 1420 g/mol. The van der Waals surface area contributed by atoms with Crippen molar-refractivity contribution in [3.63, 3.8) is 0 Å². The van der Waals surface area contributed by atoms with Gasteiger partial charge in [0, 0.05) is 188 Å². The molecule has 0 unspecified atom stereocenters. The molecule has 107 heavy (non-hydrogen) atoms. The van der Waals surface area contributed by atoms with Crippen molar-refractivity contribution >= 4 is 51.7 Å². The summed E-state index contributed by atoms with van der Waals surface area (Å²) in [6.45, 7) is 20.1. The Kier molecular flexibility index (Phi) is 22.6. The maximum Gasteiger partial charge on any atom is 0.257 e. The van der Waals surface area contributed by atoms with Gasteiger partial charge in [0.1, 0.15) is 17.1 Å². The van der Waals surface area contributed by atoms with Gasteiger partial charge in [-0.15, -0.1) is 0 Å². The van der Waals surface area contributed by atoms with Crippen LogP contribution in [-0.4, -0.2) is 206 Å². The van der Waals surface area contributed by atoms with Gasteiger partial charge < -0.3 is 30.7 Å². The van der Waals surface area contributed by atoms with Crippen LogP contribution in [0.4, 0.5) is 17.1 Å². The third kappa shape index (κ3) is 18.9. The number of amides is 3. The van der Waals surface area contributed by atoms with Crippen molar-refractivity contribution in [2.75, 3.05) is 116 Å². The standard InChI is InChI=1S/C29H29N7O.2C27H27N7O/c1-34-11-13-35(14-12-34)20-23-7-8-25(16-27(23)22-5-6-22)33-29(37)24-15-21(17-30-18-24)4-9-26-19-31-28-3-2-10-32-36(26)28;2*1-20-14-24(7-6-22(20)19-33-12-10-32(2)11-13-33)31-27(35)23-15-21(16-28-17-23)5-8-25-18-29-26-4-3-9-30-34(25)26/h2-3,7-8,10,15-19,22H,5-6,11-14,20H2,1H3,(H,33,37);2*3-4,6-7,9,14-18H,10-13,19H2,1-2H3,(H,31,35). The van der Waals surface area contributed by atoms with Crippen LogP contribution in [0.5, 0.6) is 0 Å². The Hall–Kier alpha value is -12.2. The van der Waals surface area contributed by atoms with Gasteiger partial charge in [-0.25, -0.2) is 28.5 Å². The molecular formula is C83H83N21O3. The number of hydrogen-bond donors (Lipinski definition) is 3. The van der Waals surface area contributed by atoms with Gasteiger partial charge in [-0.2, -0.15) is 15.3 Å². The van der Waals surface area contributed by atoms with Crippen molar-refractivity contribution in [1.29, 1.82) is 0 Å². The summed E-state index contributed by atoms with van der Waals surface area (Å²) in [5.41, 5.74) is 17.5. The molecule has 1 saturated carbocycles. The Morgan fingerprint density at radius 1 is 0.383 bits per heavy atom. The largest absolute Gasteiger partial charge is 0.322 e. The molecule has 0 spiro atoms. The van der Waals surface area contributed by atoms with Crippen molar-refractivity contribution in [2.24, 2.45) is 0 Å². The molecule has 24 heteroatoms. The van der Waals surface area contributed by atoms with Crippen LogP contribution < -0.4 is 16.0 Å². The minimum absolute atomic E-state index is 0.193. The molecule has 16 rings (SSSR count). The van der Waals surface area contributed by atoms with Crippen LogP contribution in [-0.2, 0) is 19.6 Å². The lowest BCUT2D eigenvalue weighted by atomic mass is 10.0. The molecule has 3 amide bonds. The predicted molar refractivity (Wildman–Crippen MR) is 413 cm³/mol. The highest BCUT2D eigenvalue weighted by atomic mass is 16.2. The first-order valence-corrected chi connectivity index (χ1v) is 36.0. The molecule has 3 saturated heterocycles. The molecule has 0 atom stereocenters. The van der Waals surface area contributed by atoms with E-state index < -0.39 is 0 Å². The number of carbonyl (C=O) groups excluding carboxylic acids is 3. The Morgan fingerprint density at radius 3 is 1.05 bits per heavy atom. The number of carbonyl (C=O) groups is 3. The van der Waals surface area contributed by atoms with Gasteiger partial charge in [-0.05, 0) is 196 Å². The molecule has 4 aliphatic rings. The molecular weight excluding hydrogens is 1340 g/mol. The maximum absolute atomic E-state index is 13.1. The van der Waals surface area contributed by atoms with Crippen molar-refractivity contribution < 1.29 is 14.4 Å². The summed E-state index contributed by atoms with van der Waals surface area (Å²) in [7, 11) is 6.51. The number of nitrogens with one attached hydrogen (secondary N) is 3. The average Bonchev–Trinajstić information content (AvgIpc) is 1.72. The number of imidazole rings is 3. The van der Waals surface area contributed by atoms with E-state index in [1.54, 1.807) is 106 Å². The summed E-state index contributed by atoms with van der Waals surface area (Å²) in [5, 5.41) is 21.8. The fourth-order valence-electron chi connectivity index (χ4n) is 12.9. The first kappa shape index (κ1) is 71.8. The molecule has 4 fully saturated rings. The van der Waals surface area contributed by atoms with E-state index in [-0.39, 0.29) is 17.7 Å². The lowest BCUT2D eigenvalue weighted by Crippen LogP contribution is -2.44. The topological polar surface area (TPSA) is 236 Å². The van der Waals surface area contributed by atoms with Crippen molar-refractivity contribution in [2.45, 2.75) is 52.2 Å². The van der Waals surface area contributed by atoms with E-state index in [0.717, 1.165) is 132 Å². The summed E-state index contributed by atoms with van der Waals surface area (Å²) >= 11 is 0. The second-order valence-electron chi connectivity index (χ2n) is 27.5. The molecule has 1 aliphatic carbocycles. The molecule has 0 bridgehead atoms. The van der Waals surface area contributed by atoms with Gasteiger partial charge in [-0.1, -0.05) is 36.0 Å². The summed E-state index contributed by atoms with van der Waals surface area (Å²) in [6, 6.07) is 34.9. The number of fused-ring (bicyclic) bond motifs is 3. The number of aryl methyl sites for hydroxylation is 2. The molecule has 3 aliphatic heterocycles. The number of nitrogens with zero attached hydrogens (tertiary/aromatic N) is 18. The minimum Gasteiger partial charge on any atom is -0.322 e. The Morgan fingerprint density at radius 2 is 0.710 bits per heavy atom. The van der Waals surface area contributed by atoms with Crippen molar-refractivity contribution in [1.82, 2.24) is 88.1 Å². The Bertz CT molecular complexity index is 5190. The molecule has 538 valence electrons. The zero-order valence-corrected chi connectivity index (χ0v) is 60.7. The highest BCUT2D eigenvalue weighted by molar-refractivity contribution is 6.05. The number of hydrogen-bond acceptors (Lipinski definition) is 18. The lowest BCUT2D eigenvalue weighted by molar-refractivity contribution is 0.101. The number of benzene rings is 3. The van der Waals surface area contributed by atoms with Crippen LogP contribution in [0, 0.1) is 49.4 Å². The molecule has 0 radical (unpaired) electrons. The van der Waals surface area contributed by atoms with Crippen molar-refractivity contribution in [3.05, 3.63) is 267 Å². The van der Waals surface area contributed by atoms with Gasteiger partial charge in [0.25, 0.3) is 17.7 Å². The third-order valence-corrected chi connectivity index (χ3v) is 19.4. The van der Waals surface area contributed by atoms with Crippen LogP contribution in [0.25, 0.3) is 16.9 Å². The predicted octanol–water partition coefficient (Wildman–Crippen LogP) is 9.07. The third-order valence-electron chi connectivity index (χ3n) is 19.4. The first-order chi connectivity index (χ1) is 52.2. The normalized spacial score (nSPS) is 15.1. The highest BCUT2D eigenvalue weighted by Crippen LogP contribution is 2.43. The number of likely N-dealkylation sites (N-methyl/N-ethyl adjacent to an activating group) is 3. The number of pyridine rings is 3. The van der Waals surface area contributed by atoms with Crippen LogP contribution in [0.3, 0.4) is 0 Å². The first-order valence-electron chi connectivity index (χ1n) is 36.0. The quantitative estimate of drug-likeness (QED) is 0.0913. The van der Waals surface area contributed by atoms with E-state index in [9.17, 15) is 14.4 Å². The fraction of sp³-hybridized carbons (Fsp3) is 0.277. The number of aromatic nitrogens is 12. The summed E-state index contributed by atoms with van der Waals surface area (Å²) in [6.07, 6.45) is 22.1. The van der Waals surface area contributed by atoms with E-state index in [0.29, 0.717) is 56.4 Å². The van der Waals surface area contributed by atoms with E-state index in [2.05, 4.69) is 185 Å². The van der Waals surface area contributed by atoms with Gasteiger partial charge >= 0.3 is 0 Å². The zero-order valence-electron chi connectivity index (χ0n) is 60.7. The van der Waals surface area contributed by atoms with Crippen LogP contribution >= 0.6 is 0 Å². The van der Waals surface area contributed by atoms with Gasteiger partial charge in [0.05, 0.1) is 35.3 Å². The SMILES string of the molecule is CN1CCN(Cc2ccc(NC(=O)c3cncc(C#Cc4cnc5cccnn45)c3)cc2C2CC2)CC1.Cc1cc(NC(=O)c2cncc(C#Cc3cnc4cccnn34)c2)ccc1CN1CCN(C)CC1.Cc1cc(NC(=O)c2cncc(C#Cc3cnc4cccnn34)c2)ccc1CN1CCN(C)CC1. The van der Waals surface area contributed by atoms with Gasteiger partial charge in [0.15, 0.2) is 16.9 Å². The molecule has 12 aromatic rings. The fourth-order valence-corrected chi connectivity index (χ4v) is 12.9. The highest BCUT2D eigenvalue weighted by Gasteiger charge is 2.28. The summed E-state index contributed by atoms with van der Waals surface area (Å²) in [5.74, 6) is 18.4. The molecule has 3 aromatic carbocycles. The Balaban J connectivity index is 0.000000135. The van der Waals surface area contributed by atoms with E-state index in [4.69, 9.17) is 0 Å². The molecule has 12 heterocycles. The lowest BCUT2D eigenvalue weighted by Gasteiger charge is -2.32. The molecule has 24 nitrogen and oxygen atoms in total. The van der Waals surface area contributed by atoms with Crippen LogP contribution in [0.15, 0.2) is 184 Å². The second-order valence-corrected chi connectivity index (χ2v) is 27.5. The van der Waals surface area contributed by atoms with E-state index >= 15 is 0 Å². The molecule has 9 aromatic heterocycles. The molecule has 3 N–H and O–H groups in total. The summed E-state index contributed by atoms with van der Waals surface area (Å²) < 4.78 is 5.03. The second kappa shape index (κ2) is 33.7. The monoisotopic (exact) mass is 1420 g/mol. The number of piperazine rings is 3. The van der Waals surface area contributed by atoms with Crippen molar-refractivity contribution in [3.8, 4) is 35.5 Å². The minimum atomic E-state index is -0.219. The van der Waals surface area contributed by atoms with Gasteiger partial charge in [0.2, 0.25) is 0 Å². The van der Waals surface area contributed by atoms with E-state index in [1.807, 2.05) is 66.7 Å². The number of rotatable bonds is 13. The maximum atomic E-state index is 13.1. The van der Waals surface area contributed by atoms with E-state index in [1.165, 1.54) is 46.2 Å². The summed E-state index contributed by atoms with van der Waals surface area (Å²) in [4.78, 5) is 78.9. The number of anilines is 3. The van der Waals surface area contributed by atoms with Crippen LogP contribution in [0.1, 0.15) is 117 Å². The van der Waals surface area contributed by atoms with Crippen LogP contribution in [0.2, 0.25) is 0 Å². The Labute approximate surface area is 621 Å². The smallest absolute Gasteiger partial charge is 0.257 e. The zero-order chi connectivity index (χ0) is 73.6.